The number of halogens is 2. The van der Waals surface area contributed by atoms with Crippen LogP contribution >= 0.6 is 24.0 Å². The number of rotatable bonds is 8. The van der Waals surface area contributed by atoms with Crippen molar-refractivity contribution in [3.05, 3.63) is 60.0 Å². The van der Waals surface area contributed by atoms with Crippen LogP contribution in [0.2, 0.25) is 5.02 Å². The van der Waals surface area contributed by atoms with E-state index in [2.05, 4.69) is 39.2 Å². The van der Waals surface area contributed by atoms with Gasteiger partial charge in [0.05, 0.1) is 46.9 Å². The molecule has 0 aliphatic heterocycles. The number of H-pyrrole nitrogens is 1. The van der Waals surface area contributed by atoms with E-state index in [4.69, 9.17) is 21.3 Å². The van der Waals surface area contributed by atoms with E-state index >= 15 is 0 Å². The molecule has 0 aliphatic carbocycles. The largest absolute Gasteiger partial charge is 0.497 e. The maximum Gasteiger partial charge on any atom is 0.121 e. The molecular formula is C23H26Cl2N6O. The van der Waals surface area contributed by atoms with Crippen molar-refractivity contribution in [2.75, 3.05) is 25.1 Å². The highest BCUT2D eigenvalue weighted by atomic mass is 35.5. The zero-order chi connectivity index (χ0) is 21.8. The summed E-state index contributed by atoms with van der Waals surface area (Å²) in [5.41, 5.74) is 5.15. The lowest BCUT2D eigenvalue weighted by atomic mass is 10.2. The topological polar surface area (TPSA) is 79.0 Å². The normalized spacial score (nSPS) is 10.9. The lowest BCUT2D eigenvalue weighted by molar-refractivity contribution is 0.415. The Kier molecular flexibility index (Phi) is 7.90. The van der Waals surface area contributed by atoms with Gasteiger partial charge >= 0.3 is 0 Å². The molecule has 0 saturated heterocycles. The average Bonchev–Trinajstić information content (AvgIpc) is 3.31. The van der Waals surface area contributed by atoms with Crippen LogP contribution in [-0.4, -0.2) is 46.4 Å². The molecule has 0 fully saturated rings. The lowest BCUT2D eigenvalue weighted by Crippen LogP contribution is -2.32. The molecule has 4 rings (SSSR count). The minimum absolute atomic E-state index is 0. The van der Waals surface area contributed by atoms with Crippen LogP contribution < -0.4 is 15.0 Å². The van der Waals surface area contributed by atoms with Crippen molar-refractivity contribution in [2.24, 2.45) is 0 Å². The van der Waals surface area contributed by atoms with Gasteiger partial charge in [0.1, 0.15) is 5.75 Å². The Labute approximate surface area is 198 Å². The van der Waals surface area contributed by atoms with Crippen molar-refractivity contribution in [1.82, 2.24) is 25.5 Å². The number of aromatic nitrogens is 4. The molecule has 0 aliphatic rings. The molecule has 2 aromatic carbocycles. The number of aromatic amines is 1. The Bertz CT molecular complexity index is 1170. The van der Waals surface area contributed by atoms with E-state index in [0.29, 0.717) is 11.1 Å². The number of nitrogens with zero attached hydrogens (tertiary/aromatic N) is 4. The molecule has 0 amide bonds. The standard InChI is InChI=1S/C23H25ClN6O.ClH/c1-15(2)25-8-9-30(23-11-18(31-3)5-6-19(23)24)17-4-7-20-21(10-17)29-22(14-26-20)16-12-27-28-13-16;/h4-7,10-15,25H,8-9H2,1-3H3,(H,27,28);1H. The Morgan fingerprint density at radius 3 is 2.69 bits per heavy atom. The number of ether oxygens (including phenoxy) is 1. The molecule has 0 saturated carbocycles. The van der Waals surface area contributed by atoms with Crippen LogP contribution in [-0.2, 0) is 0 Å². The number of anilines is 2. The second-order valence-electron chi connectivity index (χ2n) is 7.49. The molecule has 0 radical (unpaired) electrons. The van der Waals surface area contributed by atoms with Gasteiger partial charge in [-0.1, -0.05) is 25.4 Å². The van der Waals surface area contributed by atoms with Crippen molar-refractivity contribution in [3.63, 3.8) is 0 Å². The Balaban J connectivity index is 0.00000289. The Morgan fingerprint density at radius 1 is 1.12 bits per heavy atom. The van der Waals surface area contributed by atoms with E-state index in [-0.39, 0.29) is 12.4 Å². The molecular weight excluding hydrogens is 447 g/mol. The fraction of sp³-hybridized carbons (Fsp3) is 0.261. The van der Waals surface area contributed by atoms with Gasteiger partial charge in [0.15, 0.2) is 0 Å². The summed E-state index contributed by atoms with van der Waals surface area (Å²) in [6, 6.07) is 12.1. The number of methoxy groups -OCH3 is 1. The van der Waals surface area contributed by atoms with Crippen LogP contribution in [0.4, 0.5) is 11.4 Å². The third-order valence-electron chi connectivity index (χ3n) is 4.96. The summed E-state index contributed by atoms with van der Waals surface area (Å²) in [4.78, 5) is 11.5. The van der Waals surface area contributed by atoms with Crippen LogP contribution in [0, 0.1) is 0 Å². The first-order chi connectivity index (χ1) is 15.0. The summed E-state index contributed by atoms with van der Waals surface area (Å²) >= 11 is 6.59. The molecule has 2 heterocycles. The smallest absolute Gasteiger partial charge is 0.121 e. The van der Waals surface area contributed by atoms with Crippen LogP contribution in [0.25, 0.3) is 22.3 Å². The Hall–Kier alpha value is -2.87. The van der Waals surface area contributed by atoms with Crippen molar-refractivity contribution in [2.45, 2.75) is 19.9 Å². The second kappa shape index (κ2) is 10.6. The fourth-order valence-electron chi connectivity index (χ4n) is 3.38. The number of nitrogens with one attached hydrogen (secondary N) is 2. The zero-order valence-corrected chi connectivity index (χ0v) is 19.7. The number of fused-ring (bicyclic) bond motifs is 1. The van der Waals surface area contributed by atoms with E-state index in [9.17, 15) is 0 Å². The van der Waals surface area contributed by atoms with E-state index in [1.54, 1.807) is 25.7 Å². The molecule has 9 heteroatoms. The summed E-state index contributed by atoms with van der Waals surface area (Å²) < 4.78 is 5.43. The van der Waals surface area contributed by atoms with Gasteiger partial charge in [0.25, 0.3) is 0 Å². The maximum atomic E-state index is 6.59. The van der Waals surface area contributed by atoms with E-state index in [0.717, 1.165) is 52.5 Å². The minimum Gasteiger partial charge on any atom is -0.497 e. The van der Waals surface area contributed by atoms with Crippen LogP contribution in [0.3, 0.4) is 0 Å². The fourth-order valence-corrected chi connectivity index (χ4v) is 3.60. The molecule has 0 spiro atoms. The molecule has 2 aromatic heterocycles. The van der Waals surface area contributed by atoms with Crippen molar-refractivity contribution >= 4 is 46.4 Å². The third-order valence-corrected chi connectivity index (χ3v) is 5.28. The first-order valence-electron chi connectivity index (χ1n) is 10.2. The average molecular weight is 473 g/mol. The molecule has 0 atom stereocenters. The lowest BCUT2D eigenvalue weighted by Gasteiger charge is -2.27. The predicted molar refractivity (Wildman–Crippen MR) is 133 cm³/mol. The molecule has 32 heavy (non-hydrogen) atoms. The zero-order valence-electron chi connectivity index (χ0n) is 18.2. The van der Waals surface area contributed by atoms with Gasteiger partial charge in [-0.2, -0.15) is 5.10 Å². The highest BCUT2D eigenvalue weighted by Gasteiger charge is 2.16. The van der Waals surface area contributed by atoms with Gasteiger partial charge < -0.3 is 15.0 Å². The second-order valence-corrected chi connectivity index (χ2v) is 7.90. The van der Waals surface area contributed by atoms with Crippen LogP contribution in [0.1, 0.15) is 13.8 Å². The Morgan fingerprint density at radius 2 is 1.97 bits per heavy atom. The first-order valence-corrected chi connectivity index (χ1v) is 10.5. The SMILES string of the molecule is COc1ccc(Cl)c(N(CCNC(C)C)c2ccc3ncc(-c4cn[nH]c4)nc3c2)c1.Cl. The molecule has 168 valence electrons. The molecule has 7 nitrogen and oxygen atoms in total. The van der Waals surface area contributed by atoms with Crippen LogP contribution in [0.5, 0.6) is 5.75 Å². The quantitative estimate of drug-likeness (QED) is 0.365. The third kappa shape index (κ3) is 5.30. The van der Waals surface area contributed by atoms with Gasteiger partial charge in [-0.05, 0) is 30.3 Å². The van der Waals surface area contributed by atoms with E-state index in [1.165, 1.54) is 0 Å². The maximum absolute atomic E-state index is 6.59. The monoisotopic (exact) mass is 472 g/mol. The van der Waals surface area contributed by atoms with Gasteiger partial charge in [-0.15, -0.1) is 12.4 Å². The van der Waals surface area contributed by atoms with E-state index in [1.807, 2.05) is 36.4 Å². The summed E-state index contributed by atoms with van der Waals surface area (Å²) in [6.45, 7) is 5.78. The molecule has 2 N–H and O–H groups in total. The molecule has 0 unspecified atom stereocenters. The van der Waals surface area contributed by atoms with E-state index < -0.39 is 0 Å². The predicted octanol–water partition coefficient (Wildman–Crippen LogP) is 5.24. The summed E-state index contributed by atoms with van der Waals surface area (Å²) in [7, 11) is 1.65. The molecule has 0 bridgehead atoms. The van der Waals surface area contributed by atoms with Gasteiger partial charge in [-0.25, -0.2) is 4.98 Å². The van der Waals surface area contributed by atoms with Gasteiger partial charge in [0, 0.05) is 42.6 Å². The van der Waals surface area contributed by atoms with Crippen molar-refractivity contribution < 1.29 is 4.74 Å². The highest BCUT2D eigenvalue weighted by Crippen LogP contribution is 2.35. The van der Waals surface area contributed by atoms with Crippen molar-refractivity contribution in [1.29, 1.82) is 0 Å². The minimum atomic E-state index is 0. The highest BCUT2D eigenvalue weighted by molar-refractivity contribution is 6.33. The van der Waals surface area contributed by atoms with Crippen molar-refractivity contribution in [3.8, 4) is 17.0 Å². The number of benzene rings is 2. The summed E-state index contributed by atoms with van der Waals surface area (Å²) in [6.07, 6.45) is 5.30. The summed E-state index contributed by atoms with van der Waals surface area (Å²) in [5.74, 6) is 0.754. The number of hydrogen-bond donors (Lipinski definition) is 2. The van der Waals surface area contributed by atoms with Crippen LogP contribution in [0.15, 0.2) is 55.0 Å². The van der Waals surface area contributed by atoms with Gasteiger partial charge in [0.2, 0.25) is 0 Å². The number of hydrogen-bond acceptors (Lipinski definition) is 6. The molecule has 4 aromatic rings. The first kappa shape index (κ1) is 23.8. The summed E-state index contributed by atoms with van der Waals surface area (Å²) in [5, 5.41) is 11.0. The van der Waals surface area contributed by atoms with Gasteiger partial charge in [-0.3, -0.25) is 10.1 Å².